The Bertz CT molecular complexity index is 3200. The van der Waals surface area contributed by atoms with Crippen molar-refractivity contribution in [2.45, 2.75) is 231 Å². The van der Waals surface area contributed by atoms with Gasteiger partial charge in [-0.2, -0.15) is 0 Å². The van der Waals surface area contributed by atoms with Crippen LogP contribution in [0.15, 0.2) is 72.8 Å². The molecule has 4 amide bonds. The minimum atomic E-state index is -1.24. The molecule has 6 atom stereocenters. The van der Waals surface area contributed by atoms with Crippen molar-refractivity contribution in [3.63, 3.8) is 0 Å². The van der Waals surface area contributed by atoms with Gasteiger partial charge in [0.1, 0.15) is 22.5 Å². The second kappa shape index (κ2) is 27.5. The maximum Gasteiger partial charge on any atom is 0.238 e. The SMILES string of the molecule is O=C(NC1CCC(CN2CCC(CCCCCC3CCN(CC4CCC(NC(=O)[C@@H]5NC6(CCCCC6)[C@@]6(C(=O)Nc7cc(Cl)ccc76)[C@H]5c5cccc(Cl)c5F)CC4)CC3)CC2)CC1)[C@@H]1NC2(CCCCC2)[C@@]2(C(=O)Nc3cc(Cl)ccc32)[C@H]1c1cccc(Cl)c1F. The number of amides is 4. The lowest BCUT2D eigenvalue weighted by atomic mass is 9.55. The number of carbonyl (C=O) groups is 4. The molecule has 500 valence electrons. The third-order valence-electron chi connectivity index (χ3n) is 25.2. The van der Waals surface area contributed by atoms with Crippen LogP contribution in [0.4, 0.5) is 20.2 Å². The fraction of sp³-hybridized carbons (Fsp3) is 0.627. The van der Waals surface area contributed by atoms with Crippen LogP contribution in [-0.2, 0) is 30.0 Å². The molecule has 8 fully saturated rings. The van der Waals surface area contributed by atoms with E-state index in [1.54, 1.807) is 48.5 Å². The Morgan fingerprint density at radius 3 is 1.26 bits per heavy atom. The lowest BCUT2D eigenvalue weighted by Crippen LogP contribution is -2.60. The summed E-state index contributed by atoms with van der Waals surface area (Å²) in [6.45, 7) is 6.91. The Hall–Kier alpha value is -4.38. The highest BCUT2D eigenvalue weighted by atomic mass is 35.5. The van der Waals surface area contributed by atoms with Crippen molar-refractivity contribution in [1.82, 2.24) is 31.1 Å². The molecule has 12 nitrogen and oxygen atoms in total. The molecule has 0 aromatic heterocycles. The molecular formula is C75H94Cl4F2N8O4. The summed E-state index contributed by atoms with van der Waals surface area (Å²) >= 11 is 26.0. The monoisotopic (exact) mass is 1350 g/mol. The number of likely N-dealkylation sites (tertiary alicyclic amines) is 2. The number of carbonyl (C=O) groups excluding carboxylic acids is 4. The molecule has 6 heterocycles. The van der Waals surface area contributed by atoms with Crippen molar-refractivity contribution in [2.24, 2.45) is 23.7 Å². The van der Waals surface area contributed by atoms with Crippen LogP contribution in [0.2, 0.25) is 20.1 Å². The Morgan fingerprint density at radius 1 is 0.484 bits per heavy atom. The highest BCUT2D eigenvalue weighted by molar-refractivity contribution is 6.32. The average Bonchev–Trinajstić information content (AvgIpc) is 1.52. The molecule has 14 rings (SSSR count). The number of anilines is 2. The molecule has 4 saturated carbocycles. The van der Waals surface area contributed by atoms with Gasteiger partial charge in [0.25, 0.3) is 0 Å². The molecule has 93 heavy (non-hydrogen) atoms. The predicted molar refractivity (Wildman–Crippen MR) is 366 cm³/mol. The number of rotatable bonds is 16. The number of benzene rings is 4. The van der Waals surface area contributed by atoms with E-state index < -0.39 is 57.5 Å². The van der Waals surface area contributed by atoms with Crippen LogP contribution < -0.4 is 31.9 Å². The van der Waals surface area contributed by atoms with Gasteiger partial charge in [0, 0.05) is 69.5 Å². The summed E-state index contributed by atoms with van der Waals surface area (Å²) in [5.41, 5.74) is -0.658. The average molecular weight is 1350 g/mol. The Labute approximate surface area is 568 Å². The second-order valence-corrected chi connectivity index (χ2v) is 31.9. The highest BCUT2D eigenvalue weighted by Crippen LogP contribution is 2.65. The van der Waals surface area contributed by atoms with Crippen molar-refractivity contribution in [1.29, 1.82) is 0 Å². The first-order valence-corrected chi connectivity index (χ1v) is 37.3. The summed E-state index contributed by atoms with van der Waals surface area (Å²) in [5, 5.41) is 21.7. The minimum absolute atomic E-state index is 0.0129. The zero-order chi connectivity index (χ0) is 64.2. The maximum absolute atomic E-state index is 16.4. The molecule has 18 heteroatoms. The van der Waals surface area contributed by atoms with Crippen LogP contribution in [0.1, 0.15) is 207 Å². The van der Waals surface area contributed by atoms with Crippen LogP contribution in [0, 0.1) is 35.3 Å². The van der Waals surface area contributed by atoms with Crippen molar-refractivity contribution in [2.75, 3.05) is 49.9 Å². The molecule has 4 aromatic rings. The van der Waals surface area contributed by atoms with Crippen LogP contribution >= 0.6 is 46.4 Å². The Kier molecular flexibility index (Phi) is 19.5. The minimum Gasteiger partial charge on any atom is -0.352 e. The summed E-state index contributed by atoms with van der Waals surface area (Å²) in [6.07, 6.45) is 28.0. The van der Waals surface area contributed by atoms with E-state index in [4.69, 9.17) is 46.4 Å². The number of nitrogens with zero attached hydrogens (tertiary/aromatic N) is 2. The van der Waals surface area contributed by atoms with E-state index in [9.17, 15) is 19.2 Å². The molecular weight excluding hydrogens is 1260 g/mol. The van der Waals surface area contributed by atoms with E-state index in [0.29, 0.717) is 58.9 Å². The van der Waals surface area contributed by atoms with Crippen molar-refractivity contribution in [3.8, 4) is 0 Å². The maximum atomic E-state index is 16.4. The molecule has 0 radical (unpaired) electrons. The van der Waals surface area contributed by atoms with Crippen LogP contribution in [0.5, 0.6) is 0 Å². The highest BCUT2D eigenvalue weighted by Gasteiger charge is 2.74. The topological polar surface area (TPSA) is 147 Å². The summed E-state index contributed by atoms with van der Waals surface area (Å²) in [6, 6.07) is 19.2. The van der Waals surface area contributed by atoms with Crippen molar-refractivity contribution < 1.29 is 28.0 Å². The van der Waals surface area contributed by atoms with E-state index in [0.717, 1.165) is 126 Å². The number of unbranched alkanes of at least 4 members (excludes halogenated alkanes) is 2. The summed E-state index contributed by atoms with van der Waals surface area (Å²) in [4.78, 5) is 64.7. The van der Waals surface area contributed by atoms with E-state index in [-0.39, 0.29) is 56.9 Å². The van der Waals surface area contributed by atoms with Crippen molar-refractivity contribution >= 4 is 81.4 Å². The van der Waals surface area contributed by atoms with Crippen LogP contribution in [-0.4, -0.2) is 108 Å². The van der Waals surface area contributed by atoms with Gasteiger partial charge in [-0.1, -0.05) is 153 Å². The fourth-order valence-electron chi connectivity index (χ4n) is 20.7. The second-order valence-electron chi connectivity index (χ2n) is 30.3. The summed E-state index contributed by atoms with van der Waals surface area (Å²) < 4.78 is 32.9. The van der Waals surface area contributed by atoms with Gasteiger partial charge in [-0.25, -0.2) is 8.78 Å². The van der Waals surface area contributed by atoms with E-state index in [2.05, 4.69) is 41.7 Å². The Morgan fingerprint density at radius 2 is 0.871 bits per heavy atom. The molecule has 4 spiro atoms. The molecule has 6 aliphatic heterocycles. The van der Waals surface area contributed by atoms with Gasteiger partial charge in [-0.15, -0.1) is 0 Å². The number of hydrogen-bond acceptors (Lipinski definition) is 8. The number of halogens is 6. The third kappa shape index (κ3) is 12.2. The normalized spacial score (nSPS) is 31.2. The molecule has 0 bridgehead atoms. The molecule has 4 saturated heterocycles. The standard InChI is InChI=1S/C75H94Cl4F2N8O4/c76-50-22-28-56-60(42-50)84-70(92)74(56)62(54-14-10-16-58(78)64(54)80)66(86-72(74)34-6-2-7-35-72)68(90)82-52-24-18-48(19-25-52)44-88-38-30-46(31-39-88)12-4-1-5-13-47-32-40-89(41-33-47)45-49-20-26-53(27-21-49)83-69(91)67-63(55-15-11-17-59(79)65(55)81)75(73(87-67)36-8-3-9-37-73)57-29-23-51(77)43-61(57)85-71(75)93/h10-11,14-17,22-23,28-29,42-43,46-49,52-53,62-63,66-67,86-87H,1-9,12-13,18-21,24-27,30-41,44-45H2,(H,82,90)(H,83,91)(H,84,92)(H,85,93)/t48?,49?,52?,53?,62-,63-,66+,67+,74+,75+/m0/s1. The largest absolute Gasteiger partial charge is 0.352 e. The van der Waals surface area contributed by atoms with Gasteiger partial charge in [0.15, 0.2) is 0 Å². The molecule has 6 N–H and O–H groups in total. The lowest BCUT2D eigenvalue weighted by molar-refractivity contribution is -0.126. The zero-order valence-electron chi connectivity index (χ0n) is 53.8. The number of hydrogen-bond donors (Lipinski definition) is 6. The first kappa shape index (κ1) is 65.9. The van der Waals surface area contributed by atoms with Crippen LogP contribution in [0.25, 0.3) is 0 Å². The molecule has 0 unspecified atom stereocenters. The fourth-order valence-corrected chi connectivity index (χ4v) is 21.4. The Balaban J connectivity index is 0.494. The van der Waals surface area contributed by atoms with Crippen LogP contribution in [0.3, 0.4) is 0 Å². The van der Waals surface area contributed by atoms with Gasteiger partial charge < -0.3 is 31.1 Å². The van der Waals surface area contributed by atoms with Gasteiger partial charge >= 0.3 is 0 Å². The predicted octanol–water partition coefficient (Wildman–Crippen LogP) is 15.3. The number of fused-ring (bicyclic) bond motifs is 6. The molecule has 10 aliphatic rings. The van der Waals surface area contributed by atoms with Crippen molar-refractivity contribution in [3.05, 3.63) is 127 Å². The summed E-state index contributed by atoms with van der Waals surface area (Å²) in [7, 11) is 0. The quantitative estimate of drug-likeness (QED) is 0.0608. The van der Waals surface area contributed by atoms with E-state index >= 15 is 8.78 Å². The molecule has 4 aromatic carbocycles. The third-order valence-corrected chi connectivity index (χ3v) is 26.2. The van der Waals surface area contributed by atoms with E-state index in [1.165, 1.54) is 96.1 Å². The zero-order valence-corrected chi connectivity index (χ0v) is 56.9. The van der Waals surface area contributed by atoms with E-state index in [1.807, 2.05) is 12.1 Å². The number of nitrogens with one attached hydrogen (secondary N) is 6. The van der Waals surface area contributed by atoms with Gasteiger partial charge in [0.2, 0.25) is 23.6 Å². The summed E-state index contributed by atoms with van der Waals surface area (Å²) in [5.74, 6) is -0.794. The smallest absolute Gasteiger partial charge is 0.238 e. The first-order chi connectivity index (χ1) is 45.1. The van der Waals surface area contributed by atoms with Gasteiger partial charge in [0.05, 0.1) is 22.1 Å². The first-order valence-electron chi connectivity index (χ1n) is 35.8. The van der Waals surface area contributed by atoms with Gasteiger partial charge in [-0.05, 0) is 211 Å². The molecule has 4 aliphatic carbocycles. The lowest BCUT2D eigenvalue weighted by Gasteiger charge is -2.47. The van der Waals surface area contributed by atoms with Gasteiger partial charge in [-0.3, -0.25) is 29.8 Å². The number of piperidine rings is 2.